The van der Waals surface area contributed by atoms with Crippen molar-refractivity contribution in [2.24, 2.45) is 5.92 Å². The number of nitrogens with one attached hydrogen (secondary N) is 1. The Hall–Kier alpha value is -1.92. The lowest BCUT2D eigenvalue weighted by Crippen LogP contribution is -2.13. The number of anilines is 1. The van der Waals surface area contributed by atoms with Crippen LogP contribution in [-0.4, -0.2) is 28.5 Å². The Morgan fingerprint density at radius 2 is 2.11 bits per heavy atom. The van der Waals surface area contributed by atoms with E-state index in [1.807, 2.05) is 20.8 Å². The highest BCUT2D eigenvalue weighted by Crippen LogP contribution is 2.31. The van der Waals surface area contributed by atoms with E-state index in [4.69, 9.17) is 4.74 Å². The highest BCUT2D eigenvalue weighted by molar-refractivity contribution is 5.61. The Bertz CT molecular complexity index is 435. The van der Waals surface area contributed by atoms with Gasteiger partial charge in [0, 0.05) is 13.0 Å². The van der Waals surface area contributed by atoms with E-state index in [1.54, 1.807) is 0 Å². The molecule has 0 aliphatic carbocycles. The largest absolute Gasteiger partial charge is 0.476 e. The van der Waals surface area contributed by atoms with Crippen LogP contribution < -0.4 is 10.1 Å². The molecule has 0 amide bonds. The van der Waals surface area contributed by atoms with Crippen molar-refractivity contribution in [2.45, 2.75) is 27.2 Å². The number of methoxy groups -OCH3 is 1. The van der Waals surface area contributed by atoms with E-state index in [2.05, 4.69) is 15.3 Å². The predicted molar refractivity (Wildman–Crippen MR) is 67.9 cm³/mol. The normalized spacial score (nSPS) is 10.5. The van der Waals surface area contributed by atoms with E-state index in [-0.39, 0.29) is 17.4 Å². The molecule has 0 unspecified atom stereocenters. The van der Waals surface area contributed by atoms with Gasteiger partial charge in [0.25, 0.3) is 5.88 Å². The molecule has 7 nitrogen and oxygen atoms in total. The first-order valence-corrected chi connectivity index (χ1v) is 5.82. The van der Waals surface area contributed by atoms with Gasteiger partial charge in [0.1, 0.15) is 5.82 Å². The lowest BCUT2D eigenvalue weighted by Gasteiger charge is -2.11. The Balaban J connectivity index is 3.21. The molecule has 0 saturated carbocycles. The Labute approximate surface area is 106 Å². The first kappa shape index (κ1) is 14.1. The highest BCUT2D eigenvalue weighted by atomic mass is 16.6. The van der Waals surface area contributed by atoms with E-state index < -0.39 is 4.92 Å². The molecule has 1 aromatic rings. The summed E-state index contributed by atoms with van der Waals surface area (Å²) in [5, 5.41) is 14.0. The number of nitrogens with zero attached hydrogens (tertiary/aromatic N) is 3. The number of aryl methyl sites for hydroxylation is 1. The lowest BCUT2D eigenvalue weighted by atomic mass is 10.2. The molecule has 1 N–H and O–H groups in total. The standard InChI is InChI=1S/C11H18N4O3/c1-5-8-13-10(12-6-7(2)3)9(15(16)17)11(14-8)18-4/h7H,5-6H2,1-4H3,(H,12,13,14). The van der Waals surface area contributed by atoms with Crippen molar-refractivity contribution in [3.8, 4) is 5.88 Å². The first-order chi connectivity index (χ1) is 8.49. The van der Waals surface area contributed by atoms with Crippen molar-refractivity contribution in [3.05, 3.63) is 15.9 Å². The van der Waals surface area contributed by atoms with E-state index >= 15 is 0 Å². The summed E-state index contributed by atoms with van der Waals surface area (Å²) < 4.78 is 4.96. The van der Waals surface area contributed by atoms with Crippen molar-refractivity contribution >= 4 is 11.5 Å². The average Bonchev–Trinajstić information content (AvgIpc) is 2.34. The van der Waals surface area contributed by atoms with Gasteiger partial charge in [-0.15, -0.1) is 0 Å². The van der Waals surface area contributed by atoms with Gasteiger partial charge in [-0.25, -0.2) is 4.98 Å². The SMILES string of the molecule is CCc1nc(NCC(C)C)c([N+](=O)[O-])c(OC)n1. The van der Waals surface area contributed by atoms with Crippen molar-refractivity contribution in [2.75, 3.05) is 19.0 Å². The van der Waals surface area contributed by atoms with Gasteiger partial charge in [-0.05, 0) is 5.92 Å². The van der Waals surface area contributed by atoms with Gasteiger partial charge >= 0.3 is 5.69 Å². The van der Waals surface area contributed by atoms with Gasteiger partial charge in [0.2, 0.25) is 5.82 Å². The minimum atomic E-state index is -0.527. The zero-order valence-corrected chi connectivity index (χ0v) is 11.1. The quantitative estimate of drug-likeness (QED) is 0.617. The Morgan fingerprint density at radius 3 is 2.56 bits per heavy atom. The summed E-state index contributed by atoms with van der Waals surface area (Å²) >= 11 is 0. The third-order valence-electron chi connectivity index (χ3n) is 2.27. The molecule has 0 atom stereocenters. The smallest absolute Gasteiger partial charge is 0.372 e. The van der Waals surface area contributed by atoms with Crippen LogP contribution in [0.5, 0.6) is 5.88 Å². The second-order valence-electron chi connectivity index (χ2n) is 4.23. The van der Waals surface area contributed by atoms with Crippen LogP contribution in [0.2, 0.25) is 0 Å². The summed E-state index contributed by atoms with van der Waals surface area (Å²) in [4.78, 5) is 18.7. The van der Waals surface area contributed by atoms with Crippen molar-refractivity contribution in [1.29, 1.82) is 0 Å². The molecule has 7 heteroatoms. The molecule has 1 aromatic heterocycles. The van der Waals surface area contributed by atoms with E-state index in [0.29, 0.717) is 24.7 Å². The molecular formula is C11H18N4O3. The minimum Gasteiger partial charge on any atom is -0.476 e. The second-order valence-corrected chi connectivity index (χ2v) is 4.23. The minimum absolute atomic E-state index is 0.00175. The number of ether oxygens (including phenoxy) is 1. The van der Waals surface area contributed by atoms with Gasteiger partial charge in [0.05, 0.1) is 12.0 Å². The van der Waals surface area contributed by atoms with Crippen molar-refractivity contribution in [3.63, 3.8) is 0 Å². The zero-order chi connectivity index (χ0) is 13.7. The molecule has 0 radical (unpaired) electrons. The fraction of sp³-hybridized carbons (Fsp3) is 0.636. The molecule has 0 aliphatic heterocycles. The van der Waals surface area contributed by atoms with E-state index in [1.165, 1.54) is 7.11 Å². The van der Waals surface area contributed by atoms with Crippen LogP contribution in [0.4, 0.5) is 11.5 Å². The van der Waals surface area contributed by atoms with Crippen LogP contribution in [0, 0.1) is 16.0 Å². The maximum atomic E-state index is 11.1. The van der Waals surface area contributed by atoms with Crippen LogP contribution in [0.25, 0.3) is 0 Å². The zero-order valence-electron chi connectivity index (χ0n) is 11.1. The Morgan fingerprint density at radius 1 is 1.44 bits per heavy atom. The Kier molecular flexibility index (Phi) is 4.82. The van der Waals surface area contributed by atoms with Crippen LogP contribution in [-0.2, 0) is 6.42 Å². The molecular weight excluding hydrogens is 236 g/mol. The fourth-order valence-corrected chi connectivity index (χ4v) is 1.37. The summed E-state index contributed by atoms with van der Waals surface area (Å²) in [5.41, 5.74) is -0.213. The predicted octanol–water partition coefficient (Wildman–Crippen LogP) is 2.02. The number of hydrogen-bond donors (Lipinski definition) is 1. The second kappa shape index (κ2) is 6.13. The summed E-state index contributed by atoms with van der Waals surface area (Å²) in [6, 6.07) is 0. The molecule has 0 fully saturated rings. The highest BCUT2D eigenvalue weighted by Gasteiger charge is 2.25. The van der Waals surface area contributed by atoms with Crippen molar-refractivity contribution in [1.82, 2.24) is 9.97 Å². The molecule has 0 bridgehead atoms. The number of rotatable bonds is 6. The van der Waals surface area contributed by atoms with E-state index in [9.17, 15) is 10.1 Å². The molecule has 0 spiro atoms. The maximum absolute atomic E-state index is 11.1. The van der Waals surface area contributed by atoms with Crippen LogP contribution >= 0.6 is 0 Å². The van der Waals surface area contributed by atoms with Gasteiger partial charge < -0.3 is 10.1 Å². The summed E-state index contributed by atoms with van der Waals surface area (Å²) in [7, 11) is 1.36. The molecule has 1 rings (SSSR count). The topological polar surface area (TPSA) is 90.2 Å². The molecule has 0 aromatic carbocycles. The van der Waals surface area contributed by atoms with Gasteiger partial charge in [-0.1, -0.05) is 20.8 Å². The third-order valence-corrected chi connectivity index (χ3v) is 2.27. The lowest BCUT2D eigenvalue weighted by molar-refractivity contribution is -0.385. The van der Waals surface area contributed by atoms with E-state index in [0.717, 1.165) is 0 Å². The molecule has 100 valence electrons. The molecule has 0 aliphatic rings. The summed E-state index contributed by atoms with van der Waals surface area (Å²) in [5.74, 6) is 1.09. The maximum Gasteiger partial charge on any atom is 0.372 e. The molecule has 18 heavy (non-hydrogen) atoms. The van der Waals surface area contributed by atoms with Gasteiger partial charge in [-0.3, -0.25) is 10.1 Å². The van der Waals surface area contributed by atoms with Crippen LogP contribution in [0.1, 0.15) is 26.6 Å². The number of nitro groups is 1. The van der Waals surface area contributed by atoms with Gasteiger partial charge in [-0.2, -0.15) is 4.98 Å². The first-order valence-electron chi connectivity index (χ1n) is 5.82. The third kappa shape index (κ3) is 3.28. The van der Waals surface area contributed by atoms with Crippen molar-refractivity contribution < 1.29 is 9.66 Å². The monoisotopic (exact) mass is 254 g/mol. The molecule has 1 heterocycles. The average molecular weight is 254 g/mol. The molecule has 0 saturated heterocycles. The number of aromatic nitrogens is 2. The van der Waals surface area contributed by atoms with Crippen LogP contribution in [0.3, 0.4) is 0 Å². The van der Waals surface area contributed by atoms with Crippen LogP contribution in [0.15, 0.2) is 0 Å². The van der Waals surface area contributed by atoms with Gasteiger partial charge in [0.15, 0.2) is 0 Å². The summed E-state index contributed by atoms with van der Waals surface area (Å²) in [6.07, 6.45) is 0.588. The number of hydrogen-bond acceptors (Lipinski definition) is 6. The summed E-state index contributed by atoms with van der Waals surface area (Å²) in [6.45, 7) is 6.51. The fourth-order valence-electron chi connectivity index (χ4n) is 1.37.